The van der Waals surface area contributed by atoms with E-state index in [-0.39, 0.29) is 48.1 Å². The van der Waals surface area contributed by atoms with E-state index in [0.717, 1.165) is 44.7 Å². The third-order valence-electron chi connectivity index (χ3n) is 11.7. The van der Waals surface area contributed by atoms with Gasteiger partial charge in [0.25, 0.3) is 0 Å². The number of hydrogen-bond donors (Lipinski definition) is 1. The Labute approximate surface area is 241 Å². The number of allylic oxidation sites excluding steroid dienone is 2. The van der Waals surface area contributed by atoms with E-state index in [1.807, 2.05) is 32.7 Å². The zero-order valence-electron chi connectivity index (χ0n) is 25.5. The fourth-order valence-electron chi connectivity index (χ4n) is 8.96. The van der Waals surface area contributed by atoms with Crippen molar-refractivity contribution in [2.75, 3.05) is 27.2 Å². The Bertz CT molecular complexity index is 1060. The maximum Gasteiger partial charge on any atom is 0.414 e. The summed E-state index contributed by atoms with van der Waals surface area (Å²) in [5.41, 5.74) is -2.70. The highest BCUT2D eigenvalue weighted by Crippen LogP contribution is 2.68. The van der Waals surface area contributed by atoms with Crippen LogP contribution in [0.25, 0.3) is 0 Å². The standard InChI is InChI=1S/C31H47F3N2O5/c1-18-10-15-36(6)17-21(18)26(38)35-27(39)41-23-16-28(4,13-14-31(32,33)34)25(37)20(3)30-11-8-19(2)29(23,5)24(30)22(40-7)9-12-30/h13-14,18-24H,8-12,15-17H2,1-7H3,(H,35,38,39)/t18-,19+,20-,21-,22?,23+,24?,28+,29-,30?/m0/s1. The summed E-state index contributed by atoms with van der Waals surface area (Å²) in [6.07, 6.45) is -1.83. The van der Waals surface area contributed by atoms with Gasteiger partial charge in [0.2, 0.25) is 5.91 Å². The molecule has 7 nitrogen and oxygen atoms in total. The SMILES string of the molecule is COC1CCC23CC[C@@H](C)[C@](C)(C12)[C@H](OC(=O)NC(=O)[C@H]1CN(C)CC[C@@H]1C)C[C@@](C)(C=CC(F)(F)F)C(=O)[C@@H]3C. The number of halogens is 3. The van der Waals surface area contributed by atoms with E-state index in [2.05, 4.69) is 12.2 Å². The van der Waals surface area contributed by atoms with Crippen LogP contribution in [0.5, 0.6) is 0 Å². The van der Waals surface area contributed by atoms with Crippen LogP contribution in [0.2, 0.25) is 0 Å². The first-order valence-corrected chi connectivity index (χ1v) is 15.0. The highest BCUT2D eigenvalue weighted by atomic mass is 19.4. The van der Waals surface area contributed by atoms with Crippen molar-refractivity contribution in [1.82, 2.24) is 10.2 Å². The molecule has 3 unspecified atom stereocenters. The van der Waals surface area contributed by atoms with Crippen molar-refractivity contribution < 1.29 is 37.0 Å². The van der Waals surface area contributed by atoms with E-state index in [9.17, 15) is 27.6 Å². The Hall–Kier alpha value is -1.94. The topological polar surface area (TPSA) is 84.9 Å². The van der Waals surface area contributed by atoms with Gasteiger partial charge in [-0.1, -0.05) is 33.8 Å². The summed E-state index contributed by atoms with van der Waals surface area (Å²) in [6, 6.07) is 0. The zero-order chi connectivity index (χ0) is 30.5. The second kappa shape index (κ2) is 11.3. The number of hydrogen-bond acceptors (Lipinski definition) is 6. The number of nitrogens with one attached hydrogen (secondary N) is 1. The molecule has 4 fully saturated rings. The number of amides is 2. The molecule has 232 valence electrons. The quantitative estimate of drug-likeness (QED) is 0.422. The van der Waals surface area contributed by atoms with Crippen molar-refractivity contribution in [2.45, 2.75) is 91.5 Å². The van der Waals surface area contributed by atoms with Crippen LogP contribution in [0.3, 0.4) is 0 Å². The fourth-order valence-corrected chi connectivity index (χ4v) is 8.96. The van der Waals surface area contributed by atoms with Crippen LogP contribution in [-0.4, -0.2) is 68.3 Å². The van der Waals surface area contributed by atoms with Crippen LogP contribution < -0.4 is 5.32 Å². The lowest BCUT2D eigenvalue weighted by atomic mass is 9.44. The van der Waals surface area contributed by atoms with Crippen LogP contribution in [0.4, 0.5) is 18.0 Å². The van der Waals surface area contributed by atoms with Crippen LogP contribution in [0.1, 0.15) is 73.1 Å². The lowest BCUT2D eigenvalue weighted by Crippen LogP contribution is -2.63. The van der Waals surface area contributed by atoms with E-state index in [4.69, 9.17) is 9.47 Å². The first-order valence-electron chi connectivity index (χ1n) is 15.0. The fraction of sp³-hybridized carbons (Fsp3) is 0.839. The van der Waals surface area contributed by atoms with Crippen LogP contribution in [0, 0.1) is 45.8 Å². The van der Waals surface area contributed by atoms with Crippen LogP contribution in [0.15, 0.2) is 12.2 Å². The molecule has 10 heteroatoms. The number of methoxy groups -OCH3 is 1. The van der Waals surface area contributed by atoms with Gasteiger partial charge in [0.05, 0.1) is 12.0 Å². The van der Waals surface area contributed by atoms with Gasteiger partial charge in [-0.2, -0.15) is 13.2 Å². The van der Waals surface area contributed by atoms with Crippen molar-refractivity contribution in [3.05, 3.63) is 12.2 Å². The van der Waals surface area contributed by atoms with E-state index in [1.165, 1.54) is 6.92 Å². The third kappa shape index (κ3) is 5.71. The van der Waals surface area contributed by atoms with Crippen LogP contribution in [-0.2, 0) is 19.1 Å². The average molecular weight is 585 g/mol. The minimum absolute atomic E-state index is 0.0353. The molecule has 1 aliphatic heterocycles. The van der Waals surface area contributed by atoms with E-state index >= 15 is 0 Å². The number of imide groups is 1. The molecule has 0 spiro atoms. The number of piperidine rings is 1. The monoisotopic (exact) mass is 584 g/mol. The Morgan fingerprint density at radius 2 is 1.76 bits per heavy atom. The number of nitrogens with zero attached hydrogens (tertiary/aromatic N) is 1. The van der Waals surface area contributed by atoms with Crippen LogP contribution >= 0.6 is 0 Å². The molecule has 0 aromatic carbocycles. The minimum Gasteiger partial charge on any atom is -0.445 e. The number of alkyl halides is 3. The van der Waals surface area contributed by atoms with Gasteiger partial charge in [0, 0.05) is 48.8 Å². The molecule has 4 rings (SSSR count). The van der Waals surface area contributed by atoms with Crippen molar-refractivity contribution in [3.8, 4) is 0 Å². The van der Waals surface area contributed by atoms with Crippen molar-refractivity contribution in [1.29, 1.82) is 0 Å². The molecule has 41 heavy (non-hydrogen) atoms. The Morgan fingerprint density at radius 1 is 1.10 bits per heavy atom. The molecule has 4 aliphatic rings. The van der Waals surface area contributed by atoms with Gasteiger partial charge in [-0.3, -0.25) is 14.9 Å². The number of ether oxygens (including phenoxy) is 2. The summed E-state index contributed by atoms with van der Waals surface area (Å²) in [5, 5.41) is 2.44. The van der Waals surface area contributed by atoms with Gasteiger partial charge >= 0.3 is 12.3 Å². The Morgan fingerprint density at radius 3 is 2.39 bits per heavy atom. The molecule has 1 saturated heterocycles. The first-order chi connectivity index (χ1) is 19.0. The lowest BCUT2D eigenvalue weighted by Gasteiger charge is -2.61. The number of ketones is 1. The lowest BCUT2D eigenvalue weighted by molar-refractivity contribution is -0.189. The van der Waals surface area contributed by atoms with E-state index in [1.54, 1.807) is 7.11 Å². The van der Waals surface area contributed by atoms with Crippen molar-refractivity contribution in [2.24, 2.45) is 45.8 Å². The molecule has 0 aromatic rings. The smallest absolute Gasteiger partial charge is 0.414 e. The summed E-state index contributed by atoms with van der Waals surface area (Å²) in [6.45, 7) is 10.9. The van der Waals surface area contributed by atoms with Crippen molar-refractivity contribution >= 4 is 17.8 Å². The van der Waals surface area contributed by atoms with Gasteiger partial charge in [-0.15, -0.1) is 0 Å². The Kier molecular flexibility index (Phi) is 8.80. The number of likely N-dealkylation sites (tertiary alicyclic amines) is 1. The van der Waals surface area contributed by atoms with Gasteiger partial charge in [0.1, 0.15) is 11.9 Å². The van der Waals surface area contributed by atoms with Gasteiger partial charge in [-0.05, 0) is 69.9 Å². The molecule has 1 heterocycles. The second-order valence-electron chi connectivity index (χ2n) is 13.9. The second-order valence-corrected chi connectivity index (χ2v) is 13.9. The highest BCUT2D eigenvalue weighted by Gasteiger charge is 2.68. The summed E-state index contributed by atoms with van der Waals surface area (Å²) in [5.74, 6) is -1.59. The number of rotatable bonds is 4. The maximum atomic E-state index is 14.2. The largest absolute Gasteiger partial charge is 0.445 e. The van der Waals surface area contributed by atoms with Gasteiger partial charge in [-0.25, -0.2) is 4.79 Å². The summed E-state index contributed by atoms with van der Waals surface area (Å²) < 4.78 is 52.3. The molecule has 3 saturated carbocycles. The number of Topliss-reactive ketones (excluding diaryl/α,β-unsaturated/α-hetero) is 1. The van der Waals surface area contributed by atoms with Gasteiger partial charge < -0.3 is 14.4 Å². The molecule has 0 radical (unpaired) electrons. The normalized spacial score (nSPS) is 43.8. The minimum atomic E-state index is -4.60. The molecule has 1 N–H and O–H groups in total. The Balaban J connectivity index is 1.74. The molecule has 10 atom stereocenters. The van der Waals surface area contributed by atoms with E-state index < -0.39 is 46.4 Å². The summed E-state index contributed by atoms with van der Waals surface area (Å²) in [7, 11) is 3.58. The first kappa shape index (κ1) is 32.0. The highest BCUT2D eigenvalue weighted by molar-refractivity contribution is 5.93. The molecular formula is C31H47F3N2O5. The predicted octanol–water partition coefficient (Wildman–Crippen LogP) is 5.78. The molecule has 0 aromatic heterocycles. The zero-order valence-corrected chi connectivity index (χ0v) is 25.5. The molecule has 2 bridgehead atoms. The number of carbonyl (C=O) groups excluding carboxylic acids is 3. The summed E-state index contributed by atoms with van der Waals surface area (Å²) >= 11 is 0. The molecule has 2 amide bonds. The predicted molar refractivity (Wildman–Crippen MR) is 148 cm³/mol. The van der Waals surface area contributed by atoms with E-state index in [0.29, 0.717) is 6.54 Å². The van der Waals surface area contributed by atoms with Crippen molar-refractivity contribution in [3.63, 3.8) is 0 Å². The average Bonchev–Trinajstić information content (AvgIpc) is 3.29. The molecular weight excluding hydrogens is 537 g/mol. The number of alkyl carbamates (subject to hydrolysis) is 1. The number of carbonyl (C=O) groups is 3. The summed E-state index contributed by atoms with van der Waals surface area (Å²) in [4.78, 5) is 42.8. The van der Waals surface area contributed by atoms with Gasteiger partial charge in [0.15, 0.2) is 0 Å². The maximum absolute atomic E-state index is 14.2. The molecule has 3 aliphatic carbocycles. The third-order valence-corrected chi connectivity index (χ3v) is 11.7.